The lowest BCUT2D eigenvalue weighted by molar-refractivity contribution is 0.284. The zero-order valence-electron chi connectivity index (χ0n) is 16.8. The molecule has 1 aromatic carbocycles. The number of nitrogens with zero attached hydrogens (tertiary/aromatic N) is 1. The van der Waals surface area contributed by atoms with Crippen LogP contribution >= 0.6 is 11.3 Å². The number of phenolic OH excluding ortho intramolecular Hbond substituents is 1. The lowest BCUT2D eigenvalue weighted by Gasteiger charge is -2.33. The second-order valence-electron chi connectivity index (χ2n) is 9.77. The van der Waals surface area contributed by atoms with E-state index in [1.807, 2.05) is 6.07 Å². The number of nitrogens with one attached hydrogen (secondary N) is 1. The van der Waals surface area contributed by atoms with Crippen LogP contribution in [-0.2, 0) is 10.8 Å². The number of phenols is 1. The lowest BCUT2D eigenvalue weighted by atomic mass is 9.72. The van der Waals surface area contributed by atoms with Gasteiger partial charge in [0.2, 0.25) is 0 Å². The largest absolute Gasteiger partial charge is 0.506 e. The fourth-order valence-electron chi connectivity index (χ4n) is 3.28. The van der Waals surface area contributed by atoms with Gasteiger partial charge in [0.1, 0.15) is 5.75 Å². The van der Waals surface area contributed by atoms with Gasteiger partial charge in [-0.15, -0.1) is 11.3 Å². The molecule has 1 heterocycles. The van der Waals surface area contributed by atoms with Crippen molar-refractivity contribution in [2.45, 2.75) is 72.6 Å². The van der Waals surface area contributed by atoms with Gasteiger partial charge >= 0.3 is 0 Å². The number of aromatic hydroxyl groups is 1. The van der Waals surface area contributed by atoms with Gasteiger partial charge in [-0.3, -0.25) is 0 Å². The molecule has 0 atom stereocenters. The number of benzene rings is 1. The fraction of sp³-hybridized carbons (Fsp3) is 0.571. The van der Waals surface area contributed by atoms with Crippen LogP contribution in [-0.4, -0.2) is 10.1 Å². The van der Waals surface area contributed by atoms with Crippen molar-refractivity contribution in [1.29, 1.82) is 0 Å². The maximum Gasteiger partial charge on any atom is 0.187 e. The number of thiazole rings is 1. The maximum atomic E-state index is 10.3. The summed E-state index contributed by atoms with van der Waals surface area (Å²) < 4.78 is 0. The normalized spacial score (nSPS) is 13.1. The van der Waals surface area contributed by atoms with E-state index in [0.29, 0.717) is 5.69 Å². The highest BCUT2D eigenvalue weighted by Gasteiger charge is 2.28. The second-order valence-corrected chi connectivity index (χ2v) is 10.6. The Kier molecular flexibility index (Phi) is 5.25. The predicted octanol–water partition coefficient (Wildman–Crippen LogP) is 6.60. The van der Waals surface area contributed by atoms with Crippen LogP contribution in [0.1, 0.15) is 73.1 Å². The maximum absolute atomic E-state index is 10.3. The minimum Gasteiger partial charge on any atom is -0.506 e. The van der Waals surface area contributed by atoms with Gasteiger partial charge in [-0.05, 0) is 34.9 Å². The number of hydrogen-bond donors (Lipinski definition) is 2. The average molecular weight is 361 g/mol. The molecule has 0 bridgehead atoms. The zero-order chi connectivity index (χ0) is 19.0. The summed E-state index contributed by atoms with van der Waals surface area (Å²) in [4.78, 5) is 4.67. The zero-order valence-corrected chi connectivity index (χ0v) is 17.6. The summed E-state index contributed by atoms with van der Waals surface area (Å²) in [6.07, 6.45) is 1.07. The van der Waals surface area contributed by atoms with Gasteiger partial charge in [-0.25, -0.2) is 4.98 Å². The molecule has 2 N–H and O–H groups in total. The molecule has 0 amide bonds. The van der Waals surface area contributed by atoms with Crippen LogP contribution in [0.4, 0.5) is 10.8 Å². The van der Waals surface area contributed by atoms with E-state index in [1.165, 1.54) is 5.56 Å². The Hall–Kier alpha value is -1.55. The summed E-state index contributed by atoms with van der Waals surface area (Å²) in [7, 11) is 0. The van der Waals surface area contributed by atoms with Crippen molar-refractivity contribution in [2.24, 2.45) is 5.41 Å². The van der Waals surface area contributed by atoms with E-state index in [0.717, 1.165) is 17.2 Å². The second kappa shape index (κ2) is 6.64. The molecule has 0 fully saturated rings. The average Bonchev–Trinajstić information content (AvgIpc) is 2.87. The first kappa shape index (κ1) is 19.8. The SMILES string of the molecule is CC(C)(C)CC(C)(C)c1ccc(O)c(Nc2nc(C(C)(C)C)cs2)c1. The molecule has 0 saturated heterocycles. The highest BCUT2D eigenvalue weighted by molar-refractivity contribution is 7.13. The summed E-state index contributed by atoms with van der Waals surface area (Å²) in [6, 6.07) is 5.86. The molecule has 0 aliphatic carbocycles. The molecule has 0 unspecified atom stereocenters. The van der Waals surface area contributed by atoms with Crippen LogP contribution in [0.5, 0.6) is 5.75 Å². The van der Waals surface area contributed by atoms with Crippen molar-refractivity contribution in [3.63, 3.8) is 0 Å². The Bertz CT molecular complexity index is 733. The van der Waals surface area contributed by atoms with Crippen LogP contribution in [0.2, 0.25) is 0 Å². The minimum absolute atomic E-state index is 0.0228. The van der Waals surface area contributed by atoms with Crippen LogP contribution in [0.25, 0.3) is 0 Å². The van der Waals surface area contributed by atoms with Crippen molar-refractivity contribution in [2.75, 3.05) is 5.32 Å². The van der Waals surface area contributed by atoms with E-state index in [-0.39, 0.29) is 22.0 Å². The van der Waals surface area contributed by atoms with Gasteiger partial charge < -0.3 is 10.4 Å². The first-order chi connectivity index (χ1) is 11.3. The van der Waals surface area contributed by atoms with Gasteiger partial charge in [-0.2, -0.15) is 0 Å². The molecule has 3 nitrogen and oxygen atoms in total. The number of aromatic nitrogens is 1. The Morgan fingerprint density at radius 1 is 1.04 bits per heavy atom. The van der Waals surface area contributed by atoms with Crippen molar-refractivity contribution in [3.8, 4) is 5.75 Å². The molecule has 25 heavy (non-hydrogen) atoms. The Morgan fingerprint density at radius 3 is 2.20 bits per heavy atom. The summed E-state index contributed by atoms with van der Waals surface area (Å²) >= 11 is 1.57. The highest BCUT2D eigenvalue weighted by Crippen LogP contribution is 2.39. The van der Waals surface area contributed by atoms with E-state index in [9.17, 15) is 5.11 Å². The third kappa shape index (κ3) is 5.21. The molecular formula is C21H32N2OS. The van der Waals surface area contributed by atoms with Crippen LogP contribution in [0, 0.1) is 5.41 Å². The first-order valence-corrected chi connectivity index (χ1v) is 9.72. The molecule has 0 spiro atoms. The van der Waals surface area contributed by atoms with Crippen molar-refractivity contribution < 1.29 is 5.11 Å². The molecule has 1 aromatic heterocycles. The quantitative estimate of drug-likeness (QED) is 0.603. The van der Waals surface area contributed by atoms with E-state index >= 15 is 0 Å². The predicted molar refractivity (Wildman–Crippen MR) is 109 cm³/mol. The smallest absolute Gasteiger partial charge is 0.187 e. The Morgan fingerprint density at radius 2 is 1.68 bits per heavy atom. The third-order valence-corrected chi connectivity index (χ3v) is 5.02. The molecule has 0 aliphatic rings. The summed E-state index contributed by atoms with van der Waals surface area (Å²) in [5, 5.41) is 16.5. The fourth-order valence-corrected chi connectivity index (χ4v) is 4.23. The third-order valence-electron chi connectivity index (χ3n) is 4.26. The molecule has 2 aromatic rings. The number of hydrogen-bond acceptors (Lipinski definition) is 4. The molecule has 0 radical (unpaired) electrons. The minimum atomic E-state index is 0.0228. The topological polar surface area (TPSA) is 45.1 Å². The first-order valence-electron chi connectivity index (χ1n) is 8.84. The monoisotopic (exact) mass is 360 g/mol. The molecule has 0 aliphatic heterocycles. The molecule has 0 saturated carbocycles. The van der Waals surface area contributed by atoms with E-state index in [1.54, 1.807) is 17.4 Å². The van der Waals surface area contributed by atoms with E-state index in [4.69, 9.17) is 0 Å². The molecule has 138 valence electrons. The molecule has 2 rings (SSSR count). The van der Waals surface area contributed by atoms with E-state index in [2.05, 4.69) is 77.1 Å². The standard InChI is InChI=1S/C21H32N2OS/c1-19(2,3)13-21(7,8)14-9-10-16(24)15(11-14)22-18-23-17(12-25-18)20(4,5)6/h9-12,24H,13H2,1-8H3,(H,22,23). The van der Waals surface area contributed by atoms with Crippen LogP contribution < -0.4 is 5.32 Å². The Labute approximate surface area is 156 Å². The summed E-state index contributed by atoms with van der Waals surface area (Å²) in [5.41, 5.74) is 3.29. The van der Waals surface area contributed by atoms with Gasteiger partial charge in [0.05, 0.1) is 11.4 Å². The van der Waals surface area contributed by atoms with Crippen molar-refractivity contribution in [3.05, 3.63) is 34.8 Å². The number of anilines is 2. The summed E-state index contributed by atoms with van der Waals surface area (Å²) in [5.74, 6) is 0.253. The molecular weight excluding hydrogens is 328 g/mol. The van der Waals surface area contributed by atoms with E-state index < -0.39 is 0 Å². The lowest BCUT2D eigenvalue weighted by Crippen LogP contribution is -2.24. The molecule has 4 heteroatoms. The van der Waals surface area contributed by atoms with Gasteiger partial charge in [0.25, 0.3) is 0 Å². The Balaban J connectivity index is 2.29. The van der Waals surface area contributed by atoms with Crippen LogP contribution in [0.15, 0.2) is 23.6 Å². The highest BCUT2D eigenvalue weighted by atomic mass is 32.1. The van der Waals surface area contributed by atoms with Gasteiger partial charge in [0, 0.05) is 10.8 Å². The van der Waals surface area contributed by atoms with Crippen molar-refractivity contribution >= 4 is 22.2 Å². The number of rotatable bonds is 4. The van der Waals surface area contributed by atoms with Crippen molar-refractivity contribution in [1.82, 2.24) is 4.98 Å². The van der Waals surface area contributed by atoms with Gasteiger partial charge in [-0.1, -0.05) is 61.5 Å². The summed E-state index contributed by atoms with van der Waals surface area (Å²) in [6.45, 7) is 17.8. The van der Waals surface area contributed by atoms with Gasteiger partial charge in [0.15, 0.2) is 5.13 Å². The van der Waals surface area contributed by atoms with Crippen LogP contribution in [0.3, 0.4) is 0 Å².